The van der Waals surface area contributed by atoms with Crippen molar-refractivity contribution in [2.45, 2.75) is 45.3 Å². The number of aromatic hydroxyl groups is 2. The van der Waals surface area contributed by atoms with Gasteiger partial charge in [-0.3, -0.25) is 4.90 Å². The summed E-state index contributed by atoms with van der Waals surface area (Å²) >= 11 is 0. The Hall–Kier alpha value is -2.93. The highest BCUT2D eigenvalue weighted by Crippen LogP contribution is 2.40. The second kappa shape index (κ2) is 6.91. The lowest BCUT2D eigenvalue weighted by Crippen LogP contribution is -2.38. The summed E-state index contributed by atoms with van der Waals surface area (Å²) in [6.45, 7) is 7.63. The third kappa shape index (κ3) is 3.22. The number of tetrazole rings is 1. The van der Waals surface area contributed by atoms with Crippen molar-refractivity contribution in [2.75, 3.05) is 6.54 Å². The molecule has 2 N–H and O–H groups in total. The molecule has 1 atom stereocenters. The molecular formula is C21H25N5O2. The number of aromatic nitrogens is 4. The molecule has 146 valence electrons. The van der Waals surface area contributed by atoms with Crippen LogP contribution in [0.1, 0.15) is 49.3 Å². The van der Waals surface area contributed by atoms with Gasteiger partial charge in [0, 0.05) is 18.7 Å². The summed E-state index contributed by atoms with van der Waals surface area (Å²) in [4.78, 5) is 2.25. The molecule has 0 spiro atoms. The van der Waals surface area contributed by atoms with Crippen LogP contribution in [-0.4, -0.2) is 41.9 Å². The van der Waals surface area contributed by atoms with Crippen molar-refractivity contribution in [1.82, 2.24) is 25.1 Å². The van der Waals surface area contributed by atoms with E-state index in [1.54, 1.807) is 10.7 Å². The number of phenolic OH excluding ortho intramolecular Hbond substituents is 2. The third-order valence-corrected chi connectivity index (χ3v) is 5.24. The Bertz CT molecular complexity index is 992. The Kier molecular flexibility index (Phi) is 4.55. The molecule has 4 rings (SSSR count). The highest BCUT2D eigenvalue weighted by atomic mass is 16.3. The number of para-hydroxylation sites is 1. The van der Waals surface area contributed by atoms with E-state index in [0.717, 1.165) is 13.0 Å². The summed E-state index contributed by atoms with van der Waals surface area (Å²) in [7, 11) is 0. The number of hydrogen-bond donors (Lipinski definition) is 2. The molecule has 2 heterocycles. The molecule has 0 amide bonds. The average molecular weight is 379 g/mol. The lowest BCUT2D eigenvalue weighted by molar-refractivity contribution is 0.182. The van der Waals surface area contributed by atoms with Gasteiger partial charge in [0.25, 0.3) is 0 Å². The largest absolute Gasteiger partial charge is 0.504 e. The van der Waals surface area contributed by atoms with Crippen molar-refractivity contribution in [1.29, 1.82) is 0 Å². The van der Waals surface area contributed by atoms with Crippen molar-refractivity contribution in [3.63, 3.8) is 0 Å². The first-order valence-corrected chi connectivity index (χ1v) is 9.46. The zero-order valence-corrected chi connectivity index (χ0v) is 16.4. The molecule has 1 aliphatic heterocycles. The number of nitrogens with zero attached hydrogens (tertiary/aromatic N) is 5. The Balaban J connectivity index is 1.84. The SMILES string of the molecule is CC(C)(C)n1nnnc1C(c1cccc(O)c1O)N1CCc2ccccc2C1. The fraction of sp³-hybridized carbons (Fsp3) is 0.381. The van der Waals surface area contributed by atoms with Gasteiger partial charge in [0.15, 0.2) is 17.3 Å². The minimum Gasteiger partial charge on any atom is -0.504 e. The van der Waals surface area contributed by atoms with E-state index in [9.17, 15) is 10.2 Å². The lowest BCUT2D eigenvalue weighted by atomic mass is 9.95. The number of hydrogen-bond acceptors (Lipinski definition) is 6. The summed E-state index contributed by atoms with van der Waals surface area (Å²) in [5.41, 5.74) is 2.87. The lowest BCUT2D eigenvalue weighted by Gasteiger charge is -2.36. The normalized spacial score (nSPS) is 16.0. The van der Waals surface area contributed by atoms with Crippen molar-refractivity contribution < 1.29 is 10.2 Å². The quantitative estimate of drug-likeness (QED) is 0.680. The molecule has 1 unspecified atom stereocenters. The summed E-state index contributed by atoms with van der Waals surface area (Å²) in [5.74, 6) is 0.372. The van der Waals surface area contributed by atoms with E-state index in [1.165, 1.54) is 17.2 Å². The number of fused-ring (bicyclic) bond motifs is 1. The van der Waals surface area contributed by atoms with Crippen LogP contribution in [0.5, 0.6) is 11.5 Å². The van der Waals surface area contributed by atoms with Crippen LogP contribution in [0.4, 0.5) is 0 Å². The van der Waals surface area contributed by atoms with E-state index < -0.39 is 0 Å². The van der Waals surface area contributed by atoms with Crippen LogP contribution >= 0.6 is 0 Å². The van der Waals surface area contributed by atoms with E-state index in [4.69, 9.17) is 0 Å². The highest BCUT2D eigenvalue weighted by Gasteiger charge is 2.35. The molecule has 0 fully saturated rings. The van der Waals surface area contributed by atoms with Crippen LogP contribution in [0.2, 0.25) is 0 Å². The zero-order chi connectivity index (χ0) is 19.9. The topological polar surface area (TPSA) is 87.3 Å². The molecule has 7 nitrogen and oxygen atoms in total. The summed E-state index contributed by atoms with van der Waals surface area (Å²) in [5, 5.41) is 33.2. The zero-order valence-electron chi connectivity index (χ0n) is 16.4. The highest BCUT2D eigenvalue weighted by molar-refractivity contribution is 5.48. The van der Waals surface area contributed by atoms with Gasteiger partial charge in [-0.1, -0.05) is 36.4 Å². The molecule has 28 heavy (non-hydrogen) atoms. The molecule has 0 bridgehead atoms. The van der Waals surface area contributed by atoms with Gasteiger partial charge >= 0.3 is 0 Å². The predicted octanol–water partition coefficient (Wildman–Crippen LogP) is 2.99. The third-order valence-electron chi connectivity index (χ3n) is 5.24. The van der Waals surface area contributed by atoms with Crippen molar-refractivity contribution >= 4 is 0 Å². The Morgan fingerprint density at radius 1 is 1.00 bits per heavy atom. The van der Waals surface area contributed by atoms with Crippen LogP contribution < -0.4 is 0 Å². The average Bonchev–Trinajstić information content (AvgIpc) is 3.15. The predicted molar refractivity (Wildman–Crippen MR) is 105 cm³/mol. The summed E-state index contributed by atoms with van der Waals surface area (Å²) < 4.78 is 1.79. The van der Waals surface area contributed by atoms with Crippen molar-refractivity contribution in [3.05, 3.63) is 65.0 Å². The van der Waals surface area contributed by atoms with Crippen LogP contribution in [0.3, 0.4) is 0 Å². The molecule has 2 aromatic carbocycles. The van der Waals surface area contributed by atoms with Gasteiger partial charge in [-0.15, -0.1) is 5.10 Å². The smallest absolute Gasteiger partial charge is 0.173 e. The Morgan fingerprint density at radius 3 is 2.50 bits per heavy atom. The molecule has 0 aliphatic carbocycles. The maximum atomic E-state index is 10.6. The fourth-order valence-electron chi connectivity index (χ4n) is 3.85. The van der Waals surface area contributed by atoms with Crippen LogP contribution in [0.15, 0.2) is 42.5 Å². The second-order valence-electron chi connectivity index (χ2n) is 8.23. The molecular weight excluding hydrogens is 354 g/mol. The van der Waals surface area contributed by atoms with Gasteiger partial charge in [-0.2, -0.15) is 0 Å². The monoisotopic (exact) mass is 379 g/mol. The molecule has 3 aromatic rings. The molecule has 1 aliphatic rings. The molecule has 1 aromatic heterocycles. The van der Waals surface area contributed by atoms with Crippen LogP contribution in [-0.2, 0) is 18.5 Å². The van der Waals surface area contributed by atoms with E-state index in [-0.39, 0.29) is 23.1 Å². The number of phenols is 2. The van der Waals surface area contributed by atoms with Gasteiger partial charge in [-0.25, -0.2) is 4.68 Å². The first-order valence-electron chi connectivity index (χ1n) is 9.46. The van der Waals surface area contributed by atoms with Gasteiger partial charge < -0.3 is 10.2 Å². The van der Waals surface area contributed by atoms with Crippen molar-refractivity contribution in [2.24, 2.45) is 0 Å². The van der Waals surface area contributed by atoms with E-state index in [1.807, 2.05) is 32.9 Å². The maximum Gasteiger partial charge on any atom is 0.173 e. The Labute approximate surface area is 164 Å². The molecule has 0 radical (unpaired) electrons. The first-order chi connectivity index (χ1) is 13.4. The Morgan fingerprint density at radius 2 is 1.75 bits per heavy atom. The summed E-state index contributed by atoms with van der Waals surface area (Å²) in [6.07, 6.45) is 0.906. The fourth-order valence-corrected chi connectivity index (χ4v) is 3.85. The van der Waals surface area contributed by atoms with E-state index in [2.05, 4.69) is 38.6 Å². The second-order valence-corrected chi connectivity index (χ2v) is 8.23. The number of benzene rings is 2. The van der Waals surface area contributed by atoms with E-state index >= 15 is 0 Å². The summed E-state index contributed by atoms with van der Waals surface area (Å²) in [6, 6.07) is 13.1. The number of rotatable bonds is 3. The van der Waals surface area contributed by atoms with Gasteiger partial charge in [0.2, 0.25) is 0 Å². The van der Waals surface area contributed by atoms with Crippen LogP contribution in [0, 0.1) is 0 Å². The van der Waals surface area contributed by atoms with Crippen molar-refractivity contribution in [3.8, 4) is 11.5 Å². The first kappa shape index (κ1) is 18.4. The van der Waals surface area contributed by atoms with E-state index in [0.29, 0.717) is 17.9 Å². The van der Waals surface area contributed by atoms with Gasteiger partial charge in [0.1, 0.15) is 6.04 Å². The molecule has 7 heteroatoms. The van der Waals surface area contributed by atoms with Gasteiger partial charge in [0.05, 0.1) is 5.54 Å². The standard InChI is InChI=1S/C21H25N5O2/c1-21(2,3)26-20(22-23-24-26)18(16-9-6-10-17(27)19(16)28)25-12-11-14-7-4-5-8-15(14)13-25/h4-10,18,27-28H,11-13H2,1-3H3. The maximum absolute atomic E-state index is 10.6. The minimum absolute atomic E-state index is 0.130. The van der Waals surface area contributed by atoms with Crippen LogP contribution in [0.25, 0.3) is 0 Å². The molecule has 0 saturated heterocycles. The van der Waals surface area contributed by atoms with Gasteiger partial charge in [-0.05, 0) is 54.8 Å². The minimum atomic E-state index is -0.380. The molecule has 0 saturated carbocycles.